The highest BCUT2D eigenvalue weighted by Crippen LogP contribution is 2.13. The molecule has 1 heterocycles. The standard InChI is InChI=1S/C22H35FN2O5/c1-22(2,3)30-16-19(26)13-24-9-12-29-20(14-24)15-25(10-11-28-4)21(27)17-5-7-18(23)8-6-17/h5-8,19-20,26H,9-16H2,1-4H3/t19-,20+/m0/s1. The van der Waals surface area contributed by atoms with Crippen LogP contribution < -0.4 is 0 Å². The lowest BCUT2D eigenvalue weighted by Crippen LogP contribution is -2.51. The van der Waals surface area contributed by atoms with Gasteiger partial charge in [0.25, 0.3) is 5.91 Å². The molecule has 0 radical (unpaired) electrons. The second kappa shape index (κ2) is 11.7. The second-order valence-corrected chi connectivity index (χ2v) is 8.58. The van der Waals surface area contributed by atoms with Gasteiger partial charge in [0.15, 0.2) is 0 Å². The highest BCUT2D eigenvalue weighted by Gasteiger charge is 2.27. The number of methoxy groups -OCH3 is 1. The number of amides is 1. The number of β-amino-alcohol motifs (C(OH)–C–C–N with tert-alkyl or cyclic N) is 1. The summed E-state index contributed by atoms with van der Waals surface area (Å²) in [6, 6.07) is 5.53. The first kappa shape index (κ1) is 24.7. The van der Waals surface area contributed by atoms with Gasteiger partial charge in [-0.2, -0.15) is 0 Å². The number of benzene rings is 1. The highest BCUT2D eigenvalue weighted by molar-refractivity contribution is 5.94. The first-order chi connectivity index (χ1) is 14.2. The molecule has 1 saturated heterocycles. The SMILES string of the molecule is COCCN(C[C@H]1CN(C[C@H](O)COC(C)(C)C)CCO1)C(=O)c1ccc(F)cc1. The number of nitrogens with zero attached hydrogens (tertiary/aromatic N) is 2. The molecule has 1 fully saturated rings. The van der Waals surface area contributed by atoms with E-state index >= 15 is 0 Å². The van der Waals surface area contributed by atoms with Gasteiger partial charge in [0, 0.05) is 45.4 Å². The van der Waals surface area contributed by atoms with Crippen LogP contribution in [0.3, 0.4) is 0 Å². The smallest absolute Gasteiger partial charge is 0.254 e. The molecule has 0 unspecified atom stereocenters. The van der Waals surface area contributed by atoms with Crippen LogP contribution in [-0.2, 0) is 14.2 Å². The van der Waals surface area contributed by atoms with Gasteiger partial charge >= 0.3 is 0 Å². The third-order valence-electron chi connectivity index (χ3n) is 4.77. The molecule has 1 aliphatic heterocycles. The maximum absolute atomic E-state index is 13.2. The molecule has 30 heavy (non-hydrogen) atoms. The van der Waals surface area contributed by atoms with Crippen molar-refractivity contribution < 1.29 is 28.5 Å². The van der Waals surface area contributed by atoms with Gasteiger partial charge in [0.05, 0.1) is 37.6 Å². The Morgan fingerprint density at radius 2 is 2.07 bits per heavy atom. The molecule has 2 atom stereocenters. The number of aliphatic hydroxyl groups excluding tert-OH is 1. The molecule has 0 aliphatic carbocycles. The van der Waals surface area contributed by atoms with Crippen LogP contribution >= 0.6 is 0 Å². The van der Waals surface area contributed by atoms with E-state index < -0.39 is 6.10 Å². The van der Waals surface area contributed by atoms with Crippen molar-refractivity contribution in [1.82, 2.24) is 9.80 Å². The lowest BCUT2D eigenvalue weighted by Gasteiger charge is -2.36. The number of hydrogen-bond donors (Lipinski definition) is 1. The Labute approximate surface area is 178 Å². The number of morpholine rings is 1. The van der Waals surface area contributed by atoms with Crippen molar-refractivity contribution in [2.45, 2.75) is 38.6 Å². The minimum atomic E-state index is -0.589. The van der Waals surface area contributed by atoms with Gasteiger partial charge < -0.3 is 24.2 Å². The van der Waals surface area contributed by atoms with Gasteiger partial charge in [-0.25, -0.2) is 4.39 Å². The van der Waals surface area contributed by atoms with Crippen LogP contribution in [0.5, 0.6) is 0 Å². The number of aliphatic hydroxyl groups is 1. The predicted molar refractivity (Wildman–Crippen MR) is 112 cm³/mol. The summed E-state index contributed by atoms with van der Waals surface area (Å²) in [4.78, 5) is 16.7. The normalized spacial score (nSPS) is 18.9. The molecule has 0 bridgehead atoms. The van der Waals surface area contributed by atoms with Crippen LogP contribution in [-0.4, -0.2) is 98.3 Å². The number of carbonyl (C=O) groups is 1. The molecule has 7 nitrogen and oxygen atoms in total. The minimum Gasteiger partial charge on any atom is -0.389 e. The van der Waals surface area contributed by atoms with E-state index in [9.17, 15) is 14.3 Å². The first-order valence-corrected chi connectivity index (χ1v) is 10.4. The number of carbonyl (C=O) groups excluding carboxylic acids is 1. The Kier molecular flexibility index (Phi) is 9.64. The molecule has 170 valence electrons. The summed E-state index contributed by atoms with van der Waals surface area (Å²) in [5.74, 6) is -0.568. The lowest BCUT2D eigenvalue weighted by molar-refractivity contribution is -0.0784. The van der Waals surface area contributed by atoms with Crippen LogP contribution in [0.4, 0.5) is 4.39 Å². The largest absolute Gasteiger partial charge is 0.389 e. The van der Waals surface area contributed by atoms with E-state index in [0.29, 0.717) is 51.5 Å². The van der Waals surface area contributed by atoms with Gasteiger partial charge in [-0.15, -0.1) is 0 Å². The maximum Gasteiger partial charge on any atom is 0.254 e. The molecular weight excluding hydrogens is 391 g/mol. The van der Waals surface area contributed by atoms with Crippen LogP contribution in [0, 0.1) is 5.82 Å². The Balaban J connectivity index is 1.93. The summed E-state index contributed by atoms with van der Waals surface area (Å²) in [6.07, 6.45) is -0.774. The molecule has 2 rings (SSSR count). The van der Waals surface area contributed by atoms with Crippen LogP contribution in [0.1, 0.15) is 31.1 Å². The molecule has 1 aromatic rings. The Hall–Kier alpha value is -1.58. The van der Waals surface area contributed by atoms with Crippen LogP contribution in [0.2, 0.25) is 0 Å². The van der Waals surface area contributed by atoms with E-state index in [1.165, 1.54) is 24.3 Å². The van der Waals surface area contributed by atoms with Crippen molar-refractivity contribution in [2.24, 2.45) is 0 Å². The van der Waals surface area contributed by atoms with Crippen LogP contribution in [0.15, 0.2) is 24.3 Å². The number of ether oxygens (including phenoxy) is 3. The van der Waals surface area contributed by atoms with Crippen molar-refractivity contribution in [3.63, 3.8) is 0 Å². The number of halogens is 1. The van der Waals surface area contributed by atoms with E-state index in [1.54, 1.807) is 12.0 Å². The Bertz CT molecular complexity index is 650. The van der Waals surface area contributed by atoms with Gasteiger partial charge in [-0.3, -0.25) is 9.69 Å². The van der Waals surface area contributed by atoms with E-state index in [4.69, 9.17) is 14.2 Å². The van der Waals surface area contributed by atoms with E-state index in [1.807, 2.05) is 20.8 Å². The summed E-state index contributed by atoms with van der Waals surface area (Å²) in [6.45, 7) is 9.67. The molecule has 0 saturated carbocycles. The molecule has 8 heteroatoms. The van der Waals surface area contributed by atoms with E-state index in [2.05, 4.69) is 4.90 Å². The van der Waals surface area contributed by atoms with Crippen molar-refractivity contribution in [1.29, 1.82) is 0 Å². The predicted octanol–water partition coefficient (Wildman–Crippen LogP) is 1.79. The quantitative estimate of drug-likeness (QED) is 0.615. The van der Waals surface area contributed by atoms with Gasteiger partial charge in [0.2, 0.25) is 0 Å². The third kappa shape index (κ3) is 8.65. The molecule has 1 amide bonds. The minimum absolute atomic E-state index is 0.185. The van der Waals surface area contributed by atoms with Gasteiger partial charge in [-0.1, -0.05) is 0 Å². The number of rotatable bonds is 10. The summed E-state index contributed by atoms with van der Waals surface area (Å²) in [5, 5.41) is 10.3. The summed E-state index contributed by atoms with van der Waals surface area (Å²) in [7, 11) is 1.58. The Morgan fingerprint density at radius 1 is 1.37 bits per heavy atom. The third-order valence-corrected chi connectivity index (χ3v) is 4.77. The number of hydrogen-bond acceptors (Lipinski definition) is 6. The topological polar surface area (TPSA) is 71.5 Å². The zero-order valence-corrected chi connectivity index (χ0v) is 18.5. The second-order valence-electron chi connectivity index (χ2n) is 8.58. The average Bonchev–Trinajstić information content (AvgIpc) is 2.69. The molecule has 0 aromatic heterocycles. The van der Waals surface area contributed by atoms with Crippen LogP contribution in [0.25, 0.3) is 0 Å². The molecule has 1 N–H and O–H groups in total. The Morgan fingerprint density at radius 3 is 2.70 bits per heavy atom. The van der Waals surface area contributed by atoms with Crippen molar-refractivity contribution >= 4 is 5.91 Å². The van der Waals surface area contributed by atoms with Crippen molar-refractivity contribution in [2.75, 3.05) is 59.7 Å². The summed E-state index contributed by atoms with van der Waals surface area (Å²) < 4.78 is 29.9. The van der Waals surface area contributed by atoms with Gasteiger partial charge in [-0.05, 0) is 45.0 Å². The fourth-order valence-electron chi connectivity index (χ4n) is 3.25. The van der Waals surface area contributed by atoms with E-state index in [0.717, 1.165) is 0 Å². The summed E-state index contributed by atoms with van der Waals surface area (Å²) in [5.41, 5.74) is 0.131. The first-order valence-electron chi connectivity index (χ1n) is 10.4. The molecule has 1 aromatic carbocycles. The maximum atomic E-state index is 13.2. The zero-order chi connectivity index (χ0) is 22.1. The monoisotopic (exact) mass is 426 g/mol. The zero-order valence-electron chi connectivity index (χ0n) is 18.5. The molecule has 0 spiro atoms. The lowest BCUT2D eigenvalue weighted by atomic mass is 10.1. The van der Waals surface area contributed by atoms with Gasteiger partial charge in [0.1, 0.15) is 5.82 Å². The fraction of sp³-hybridized carbons (Fsp3) is 0.682. The fourth-order valence-corrected chi connectivity index (χ4v) is 3.25. The molecule has 1 aliphatic rings. The van der Waals surface area contributed by atoms with Crippen molar-refractivity contribution in [3.05, 3.63) is 35.6 Å². The highest BCUT2D eigenvalue weighted by atomic mass is 19.1. The van der Waals surface area contributed by atoms with Crippen molar-refractivity contribution in [3.8, 4) is 0 Å². The average molecular weight is 427 g/mol. The van der Waals surface area contributed by atoms with E-state index in [-0.39, 0.29) is 30.0 Å². The molecular formula is C22H35FN2O5. The summed E-state index contributed by atoms with van der Waals surface area (Å²) >= 11 is 0.